The highest BCUT2D eigenvalue weighted by Crippen LogP contribution is 2.37. The Morgan fingerprint density at radius 3 is 2.40 bits per heavy atom. The van der Waals surface area contributed by atoms with Gasteiger partial charge in [-0.05, 0) is 38.1 Å². The molecule has 116 valence electrons. The van der Waals surface area contributed by atoms with Crippen LogP contribution in [-0.2, 0) is 9.53 Å². The summed E-state index contributed by atoms with van der Waals surface area (Å²) in [6.07, 6.45) is 5.17. The normalized spacial score (nSPS) is 26.9. The molecule has 1 saturated carbocycles. The van der Waals surface area contributed by atoms with E-state index in [0.717, 1.165) is 44.4 Å². The third kappa shape index (κ3) is 5.65. The molecule has 1 N–H and O–H groups in total. The van der Waals surface area contributed by atoms with Crippen molar-refractivity contribution in [3.8, 4) is 0 Å². The zero-order chi connectivity index (χ0) is 15.2. The molecule has 1 amide bonds. The maximum Gasteiger partial charge on any atom is 0.407 e. The highest BCUT2D eigenvalue weighted by molar-refractivity contribution is 6.76. The summed E-state index contributed by atoms with van der Waals surface area (Å²) in [4.78, 5) is 22.9. The molecule has 1 fully saturated rings. The molecule has 0 unspecified atom stereocenters. The van der Waals surface area contributed by atoms with Crippen molar-refractivity contribution in [3.63, 3.8) is 0 Å². The van der Waals surface area contributed by atoms with Gasteiger partial charge in [0.25, 0.3) is 0 Å². The third-order valence-corrected chi connectivity index (χ3v) is 6.05. The smallest absolute Gasteiger partial charge is 0.407 e. The van der Waals surface area contributed by atoms with E-state index in [9.17, 15) is 9.59 Å². The second kappa shape index (κ2) is 7.25. The van der Waals surface area contributed by atoms with Crippen molar-refractivity contribution in [2.24, 2.45) is 5.41 Å². The molecule has 1 aliphatic carbocycles. The van der Waals surface area contributed by atoms with Gasteiger partial charge in [0.05, 0.1) is 6.61 Å². The van der Waals surface area contributed by atoms with Crippen LogP contribution in [0.15, 0.2) is 0 Å². The van der Waals surface area contributed by atoms with Crippen LogP contribution in [0.5, 0.6) is 0 Å². The first-order chi connectivity index (χ1) is 9.30. The molecule has 0 aromatic heterocycles. The lowest BCUT2D eigenvalue weighted by Crippen LogP contribution is -2.41. The van der Waals surface area contributed by atoms with Crippen molar-refractivity contribution in [2.75, 3.05) is 6.61 Å². The van der Waals surface area contributed by atoms with E-state index >= 15 is 0 Å². The molecule has 4 nitrogen and oxygen atoms in total. The molecular formula is C15H29NO3Si. The zero-order valence-corrected chi connectivity index (χ0v) is 14.3. The van der Waals surface area contributed by atoms with Crippen molar-refractivity contribution in [1.29, 1.82) is 0 Å². The molecule has 5 heteroatoms. The number of hydrogen-bond donors (Lipinski definition) is 1. The van der Waals surface area contributed by atoms with E-state index < -0.39 is 8.07 Å². The molecule has 0 aliphatic heterocycles. The van der Waals surface area contributed by atoms with Crippen LogP contribution in [0.3, 0.4) is 0 Å². The molecule has 0 bridgehead atoms. The van der Waals surface area contributed by atoms with Crippen LogP contribution in [0.2, 0.25) is 25.7 Å². The minimum atomic E-state index is -1.15. The number of carbonyl (C=O) groups is 2. The zero-order valence-electron chi connectivity index (χ0n) is 13.3. The average Bonchev–Trinajstić information content (AvgIpc) is 2.38. The maximum absolute atomic E-state index is 11.7. The van der Waals surface area contributed by atoms with Crippen LogP contribution in [0, 0.1) is 5.41 Å². The summed E-state index contributed by atoms with van der Waals surface area (Å²) in [5, 5.41) is 2.93. The topological polar surface area (TPSA) is 55.4 Å². The van der Waals surface area contributed by atoms with E-state index in [1.54, 1.807) is 0 Å². The molecule has 0 heterocycles. The monoisotopic (exact) mass is 299 g/mol. The van der Waals surface area contributed by atoms with Gasteiger partial charge >= 0.3 is 6.09 Å². The highest BCUT2D eigenvalue weighted by atomic mass is 28.3. The number of aldehydes is 1. The summed E-state index contributed by atoms with van der Waals surface area (Å²) in [7, 11) is -1.15. The van der Waals surface area contributed by atoms with Crippen LogP contribution >= 0.6 is 0 Å². The molecule has 1 rings (SSSR count). The SMILES string of the molecule is CCC1(C=O)CCC(NC(=O)OCC[Si](C)(C)C)CC1. The van der Waals surface area contributed by atoms with Crippen LogP contribution in [-0.4, -0.2) is 33.1 Å². The second-order valence-electron chi connectivity index (χ2n) is 7.20. The lowest BCUT2D eigenvalue weighted by molar-refractivity contribution is -0.118. The summed E-state index contributed by atoms with van der Waals surface area (Å²) in [6, 6.07) is 1.16. The minimum Gasteiger partial charge on any atom is -0.450 e. The number of nitrogens with one attached hydrogen (secondary N) is 1. The van der Waals surface area contributed by atoms with Gasteiger partial charge in [0.15, 0.2) is 0 Å². The molecule has 20 heavy (non-hydrogen) atoms. The number of alkyl carbamates (subject to hydrolysis) is 1. The number of ether oxygens (including phenoxy) is 1. The van der Waals surface area contributed by atoms with Crippen LogP contribution in [0.4, 0.5) is 4.79 Å². The van der Waals surface area contributed by atoms with Gasteiger partial charge in [0.1, 0.15) is 6.29 Å². The Morgan fingerprint density at radius 2 is 1.95 bits per heavy atom. The Balaban J connectivity index is 2.26. The molecule has 0 aromatic carbocycles. The van der Waals surface area contributed by atoms with E-state index in [2.05, 4.69) is 31.9 Å². The summed E-state index contributed by atoms with van der Waals surface area (Å²) >= 11 is 0. The fraction of sp³-hybridized carbons (Fsp3) is 0.867. The third-order valence-electron chi connectivity index (χ3n) is 4.34. The maximum atomic E-state index is 11.7. The molecule has 0 radical (unpaired) electrons. The molecule has 1 aliphatic rings. The fourth-order valence-electron chi connectivity index (χ4n) is 2.55. The molecule has 0 aromatic rings. The van der Waals surface area contributed by atoms with Crippen LogP contribution in [0.25, 0.3) is 0 Å². The second-order valence-corrected chi connectivity index (χ2v) is 12.8. The van der Waals surface area contributed by atoms with Gasteiger partial charge in [0, 0.05) is 19.5 Å². The van der Waals surface area contributed by atoms with E-state index in [-0.39, 0.29) is 17.6 Å². The number of hydrogen-bond acceptors (Lipinski definition) is 3. The van der Waals surface area contributed by atoms with Gasteiger partial charge in [0.2, 0.25) is 0 Å². The lowest BCUT2D eigenvalue weighted by Gasteiger charge is -2.35. The van der Waals surface area contributed by atoms with E-state index in [0.29, 0.717) is 6.61 Å². The van der Waals surface area contributed by atoms with Crippen molar-refractivity contribution >= 4 is 20.5 Å². The first kappa shape index (κ1) is 17.2. The Morgan fingerprint density at radius 1 is 1.35 bits per heavy atom. The summed E-state index contributed by atoms with van der Waals surface area (Å²) in [5.74, 6) is 0. The highest BCUT2D eigenvalue weighted by Gasteiger charge is 2.34. The average molecular weight is 299 g/mol. The van der Waals surface area contributed by atoms with Crippen molar-refractivity contribution < 1.29 is 14.3 Å². The first-order valence-corrected chi connectivity index (χ1v) is 11.4. The Hall–Kier alpha value is -0.843. The molecule has 0 atom stereocenters. The Kier molecular flexibility index (Phi) is 6.24. The van der Waals surface area contributed by atoms with Gasteiger partial charge in [-0.1, -0.05) is 26.6 Å². The van der Waals surface area contributed by atoms with Crippen molar-refractivity contribution in [3.05, 3.63) is 0 Å². The lowest BCUT2D eigenvalue weighted by atomic mass is 9.72. The molecule has 0 saturated heterocycles. The van der Waals surface area contributed by atoms with Gasteiger partial charge in [-0.3, -0.25) is 0 Å². The fourth-order valence-corrected chi connectivity index (χ4v) is 3.26. The summed E-state index contributed by atoms with van der Waals surface area (Å²) < 4.78 is 5.24. The van der Waals surface area contributed by atoms with Gasteiger partial charge in [-0.25, -0.2) is 4.79 Å². The number of carbonyl (C=O) groups excluding carboxylic acids is 2. The van der Waals surface area contributed by atoms with E-state index in [1.807, 2.05) is 0 Å². The minimum absolute atomic E-state index is 0.153. The van der Waals surface area contributed by atoms with Gasteiger partial charge in [-0.15, -0.1) is 0 Å². The van der Waals surface area contributed by atoms with Gasteiger partial charge < -0.3 is 14.8 Å². The number of amides is 1. The van der Waals surface area contributed by atoms with Crippen molar-refractivity contribution in [1.82, 2.24) is 5.32 Å². The van der Waals surface area contributed by atoms with Gasteiger partial charge in [-0.2, -0.15) is 0 Å². The quantitative estimate of drug-likeness (QED) is 0.602. The van der Waals surface area contributed by atoms with E-state index in [1.165, 1.54) is 0 Å². The molecule has 0 spiro atoms. The van der Waals surface area contributed by atoms with Crippen molar-refractivity contribution in [2.45, 2.75) is 70.8 Å². The van der Waals surface area contributed by atoms with E-state index in [4.69, 9.17) is 4.74 Å². The van der Waals surface area contributed by atoms with Crippen LogP contribution in [0.1, 0.15) is 39.0 Å². The summed E-state index contributed by atoms with van der Waals surface area (Å²) in [6.45, 7) is 9.37. The standard InChI is InChI=1S/C15H29NO3Si/c1-5-15(12-17)8-6-13(7-9-15)16-14(18)19-10-11-20(2,3)4/h12-13H,5-11H2,1-4H3,(H,16,18). The first-order valence-electron chi connectivity index (χ1n) is 7.70. The molecular weight excluding hydrogens is 270 g/mol. The van der Waals surface area contributed by atoms with Crippen LogP contribution < -0.4 is 5.32 Å². The number of rotatable bonds is 6. The summed E-state index contributed by atoms with van der Waals surface area (Å²) in [5.41, 5.74) is -0.153. The predicted octanol–water partition coefficient (Wildman–Crippen LogP) is 3.59. The largest absolute Gasteiger partial charge is 0.450 e. The predicted molar refractivity (Wildman–Crippen MR) is 83.7 cm³/mol. The Labute approximate surface area is 123 Å². The Bertz CT molecular complexity index is 331.